The van der Waals surface area contributed by atoms with Crippen molar-refractivity contribution in [2.45, 2.75) is 11.8 Å². The van der Waals surface area contributed by atoms with Gasteiger partial charge in [0.25, 0.3) is 0 Å². The highest BCUT2D eigenvalue weighted by atomic mass is 14.7. The summed E-state index contributed by atoms with van der Waals surface area (Å²) >= 11 is 0. The Morgan fingerprint density at radius 3 is 2.19 bits per heavy atom. The largest absolute Gasteiger partial charge is 0.256 e. The summed E-state index contributed by atoms with van der Waals surface area (Å²) in [5, 5.41) is 1.20. The molecule has 0 radical (unpaired) electrons. The highest BCUT2D eigenvalue weighted by Crippen LogP contribution is 2.67. The zero-order chi connectivity index (χ0) is 20.9. The molecule has 0 N–H and O–H groups in total. The first-order chi connectivity index (χ1) is 15.9. The molecule has 1 spiro atoms. The molecule has 1 heteroatoms. The van der Waals surface area contributed by atoms with E-state index < -0.39 is 0 Å². The molecular weight excluding hydrogens is 386 g/mol. The van der Waals surface area contributed by atoms with Crippen LogP contribution in [0.2, 0.25) is 0 Å². The van der Waals surface area contributed by atoms with Gasteiger partial charge in [0.15, 0.2) is 0 Å². The first-order valence-electron chi connectivity index (χ1n) is 11.3. The predicted octanol–water partition coefficient (Wildman–Crippen LogP) is 7.03. The molecule has 1 nitrogen and oxygen atoms in total. The third kappa shape index (κ3) is 1.73. The average Bonchev–Trinajstić information content (AvgIpc) is 3.47. The lowest BCUT2D eigenvalue weighted by atomic mass is 9.68. The van der Waals surface area contributed by atoms with Crippen molar-refractivity contribution in [1.82, 2.24) is 4.98 Å². The second kappa shape index (κ2) is 5.63. The number of aromatic nitrogens is 1. The minimum atomic E-state index is -0.282. The van der Waals surface area contributed by atoms with Crippen LogP contribution in [-0.2, 0) is 11.8 Å². The summed E-state index contributed by atoms with van der Waals surface area (Å²) < 4.78 is 0. The van der Waals surface area contributed by atoms with E-state index in [4.69, 9.17) is 4.98 Å². The molecule has 0 amide bonds. The van der Waals surface area contributed by atoms with Gasteiger partial charge in [-0.1, -0.05) is 91.0 Å². The quantitative estimate of drug-likeness (QED) is 0.269. The van der Waals surface area contributed by atoms with E-state index in [0.29, 0.717) is 0 Å². The molecule has 0 fully saturated rings. The van der Waals surface area contributed by atoms with Crippen LogP contribution in [0.4, 0.5) is 0 Å². The third-order valence-corrected chi connectivity index (χ3v) is 7.77. The lowest BCUT2D eigenvalue weighted by Crippen LogP contribution is -2.26. The number of fused-ring (bicyclic) bond motifs is 13. The van der Waals surface area contributed by atoms with Crippen LogP contribution in [0.25, 0.3) is 33.2 Å². The number of hydrogen-bond donors (Lipinski definition) is 0. The second-order valence-corrected chi connectivity index (χ2v) is 9.09. The Labute approximate surface area is 186 Å². The molecular formula is C31H19N. The zero-order valence-electron chi connectivity index (χ0n) is 17.5. The number of benzene rings is 4. The summed E-state index contributed by atoms with van der Waals surface area (Å²) in [5.41, 5.74) is 14.8. The van der Waals surface area contributed by atoms with Crippen LogP contribution in [0.15, 0.2) is 103 Å². The van der Waals surface area contributed by atoms with Crippen LogP contribution in [0.1, 0.15) is 33.4 Å². The molecule has 0 saturated carbocycles. The number of rotatable bonds is 0. The monoisotopic (exact) mass is 405 g/mol. The summed E-state index contributed by atoms with van der Waals surface area (Å²) in [6.07, 6.45) is 2.93. The minimum Gasteiger partial charge on any atom is -0.256 e. The van der Waals surface area contributed by atoms with Gasteiger partial charge in [-0.3, -0.25) is 4.98 Å². The van der Waals surface area contributed by atoms with Gasteiger partial charge in [-0.2, -0.15) is 0 Å². The number of pyridine rings is 1. The van der Waals surface area contributed by atoms with E-state index in [2.05, 4.69) is 91.0 Å². The summed E-state index contributed by atoms with van der Waals surface area (Å²) in [6.45, 7) is 0. The lowest BCUT2D eigenvalue weighted by molar-refractivity contribution is 0.842. The van der Waals surface area contributed by atoms with E-state index in [1.165, 1.54) is 61.0 Å². The van der Waals surface area contributed by atoms with Crippen molar-refractivity contribution in [3.63, 3.8) is 0 Å². The minimum absolute atomic E-state index is 0.282. The standard InChI is InChI=1S/C31H19N/c1-2-10-21-20(8-1)18-24-22-11-3-5-13-25(22)31(29(21)24)26-14-6-4-12-23(26)28-27(31)16-15-19-9-7-17-32-30(19)28/h1-17H,18H2. The van der Waals surface area contributed by atoms with Gasteiger partial charge in [-0.15, -0.1) is 0 Å². The van der Waals surface area contributed by atoms with Gasteiger partial charge in [0.05, 0.1) is 10.9 Å². The fourth-order valence-electron chi connectivity index (χ4n) is 6.69. The first kappa shape index (κ1) is 16.7. The average molecular weight is 406 g/mol. The zero-order valence-corrected chi connectivity index (χ0v) is 17.5. The molecule has 1 atom stereocenters. The van der Waals surface area contributed by atoms with Gasteiger partial charge in [0, 0.05) is 17.1 Å². The number of nitrogens with zero attached hydrogens (tertiary/aromatic N) is 1. The Kier molecular flexibility index (Phi) is 2.94. The molecule has 3 aliphatic rings. The van der Waals surface area contributed by atoms with Gasteiger partial charge in [0.1, 0.15) is 0 Å². The van der Waals surface area contributed by atoms with Gasteiger partial charge in [0.2, 0.25) is 0 Å². The number of allylic oxidation sites excluding steroid dienone is 2. The van der Waals surface area contributed by atoms with Crippen molar-refractivity contribution < 1.29 is 0 Å². The third-order valence-electron chi connectivity index (χ3n) is 7.77. The lowest BCUT2D eigenvalue weighted by Gasteiger charge is -2.33. The maximum Gasteiger partial charge on any atom is 0.0783 e. The van der Waals surface area contributed by atoms with E-state index in [-0.39, 0.29) is 5.41 Å². The summed E-state index contributed by atoms with van der Waals surface area (Å²) in [5.74, 6) is 0. The summed E-state index contributed by atoms with van der Waals surface area (Å²) in [6, 6.07) is 35.9. The number of hydrogen-bond acceptors (Lipinski definition) is 1. The van der Waals surface area contributed by atoms with Crippen molar-refractivity contribution in [1.29, 1.82) is 0 Å². The Bertz CT molecular complexity index is 1650. The van der Waals surface area contributed by atoms with Gasteiger partial charge in [-0.05, 0) is 62.6 Å². The molecule has 5 aromatic rings. The molecule has 1 aromatic heterocycles. The highest BCUT2D eigenvalue weighted by Gasteiger charge is 2.55. The molecule has 8 rings (SSSR count). The summed E-state index contributed by atoms with van der Waals surface area (Å²) in [4.78, 5) is 4.88. The van der Waals surface area contributed by atoms with E-state index in [1.807, 2.05) is 12.3 Å². The van der Waals surface area contributed by atoms with Gasteiger partial charge >= 0.3 is 0 Å². The van der Waals surface area contributed by atoms with E-state index in [9.17, 15) is 0 Å². The molecule has 3 aliphatic carbocycles. The summed E-state index contributed by atoms with van der Waals surface area (Å²) in [7, 11) is 0. The van der Waals surface area contributed by atoms with Crippen LogP contribution in [0.3, 0.4) is 0 Å². The topological polar surface area (TPSA) is 12.9 Å². The predicted molar refractivity (Wildman–Crippen MR) is 130 cm³/mol. The molecule has 0 aliphatic heterocycles. The molecule has 4 aromatic carbocycles. The Hall–Kier alpha value is -3.97. The van der Waals surface area contributed by atoms with Crippen LogP contribution in [-0.4, -0.2) is 4.98 Å². The second-order valence-electron chi connectivity index (χ2n) is 9.09. The van der Waals surface area contributed by atoms with E-state index >= 15 is 0 Å². The molecule has 0 bridgehead atoms. The van der Waals surface area contributed by atoms with Crippen molar-refractivity contribution in [2.75, 3.05) is 0 Å². The Balaban J connectivity index is 1.61. The van der Waals surface area contributed by atoms with Crippen molar-refractivity contribution in [2.24, 2.45) is 0 Å². The fourth-order valence-corrected chi connectivity index (χ4v) is 6.69. The Morgan fingerprint density at radius 1 is 0.594 bits per heavy atom. The van der Waals surface area contributed by atoms with E-state index in [0.717, 1.165) is 11.9 Å². The van der Waals surface area contributed by atoms with Gasteiger partial charge in [-0.25, -0.2) is 0 Å². The maximum atomic E-state index is 4.88. The Morgan fingerprint density at radius 2 is 1.31 bits per heavy atom. The van der Waals surface area contributed by atoms with Crippen LogP contribution in [0.5, 0.6) is 0 Å². The van der Waals surface area contributed by atoms with Crippen LogP contribution in [0, 0.1) is 0 Å². The molecule has 1 heterocycles. The van der Waals surface area contributed by atoms with E-state index in [1.54, 1.807) is 0 Å². The van der Waals surface area contributed by atoms with Crippen LogP contribution < -0.4 is 0 Å². The fraction of sp³-hybridized carbons (Fsp3) is 0.0645. The van der Waals surface area contributed by atoms with Crippen molar-refractivity contribution >= 4 is 22.0 Å². The first-order valence-corrected chi connectivity index (χ1v) is 11.3. The van der Waals surface area contributed by atoms with Gasteiger partial charge < -0.3 is 0 Å². The molecule has 1 unspecified atom stereocenters. The smallest absolute Gasteiger partial charge is 0.0783 e. The molecule has 0 saturated heterocycles. The van der Waals surface area contributed by atoms with Crippen molar-refractivity contribution in [3.8, 4) is 11.1 Å². The molecule has 148 valence electrons. The normalized spacial score (nSPS) is 19.1. The maximum absolute atomic E-state index is 4.88. The van der Waals surface area contributed by atoms with Crippen LogP contribution >= 0.6 is 0 Å². The highest BCUT2D eigenvalue weighted by molar-refractivity contribution is 6.15. The molecule has 32 heavy (non-hydrogen) atoms. The van der Waals surface area contributed by atoms with Crippen molar-refractivity contribution in [3.05, 3.63) is 137 Å². The SMILES string of the molecule is c1ccc2c(c1)CC1=C2C2(c3ccccc31)c1ccccc1-c1c2ccc2cccnc12.